The Morgan fingerprint density at radius 1 is 1.55 bits per heavy atom. The largest absolute Gasteiger partial charge is 0.490 e. The third kappa shape index (κ3) is 4.80. The average molecular weight is 345 g/mol. The quantitative estimate of drug-likeness (QED) is 0.357. The first-order valence-corrected chi connectivity index (χ1v) is 7.12. The van der Waals surface area contributed by atoms with Crippen LogP contribution in [0.4, 0.5) is 5.69 Å². The number of carbonyl (C=O) groups is 1. The van der Waals surface area contributed by atoms with E-state index in [-0.39, 0.29) is 17.3 Å². The lowest BCUT2D eigenvalue weighted by Gasteiger charge is -2.07. The summed E-state index contributed by atoms with van der Waals surface area (Å²) in [4.78, 5) is 22.5. The SMILES string of the molecule is COc1cc(C(=O)NCCCC(C)Br)ccc1[N+](=O)[O-]. The van der Waals surface area contributed by atoms with Crippen LogP contribution in [0.2, 0.25) is 0 Å². The number of benzene rings is 1. The molecule has 1 N–H and O–H groups in total. The second kappa shape index (κ2) is 7.84. The highest BCUT2D eigenvalue weighted by Gasteiger charge is 2.17. The van der Waals surface area contributed by atoms with E-state index in [2.05, 4.69) is 21.2 Å². The van der Waals surface area contributed by atoms with Crippen LogP contribution in [0.3, 0.4) is 0 Å². The average Bonchev–Trinajstić information content (AvgIpc) is 2.42. The molecule has 1 aromatic rings. The Hall–Kier alpha value is -1.63. The second-order valence-corrected chi connectivity index (χ2v) is 5.89. The third-order valence-corrected chi connectivity index (χ3v) is 3.16. The van der Waals surface area contributed by atoms with Crippen molar-refractivity contribution in [2.24, 2.45) is 0 Å². The third-order valence-electron chi connectivity index (χ3n) is 2.70. The number of nitrogens with one attached hydrogen (secondary N) is 1. The zero-order valence-electron chi connectivity index (χ0n) is 11.4. The molecule has 7 heteroatoms. The number of nitrogens with zero attached hydrogens (tertiary/aromatic N) is 1. The summed E-state index contributed by atoms with van der Waals surface area (Å²) >= 11 is 3.43. The molecule has 0 aliphatic heterocycles. The minimum absolute atomic E-state index is 0.0803. The molecule has 110 valence electrons. The lowest BCUT2D eigenvalue weighted by Crippen LogP contribution is -2.24. The number of halogens is 1. The molecule has 0 bridgehead atoms. The number of ether oxygens (including phenoxy) is 1. The zero-order valence-corrected chi connectivity index (χ0v) is 13.0. The summed E-state index contributed by atoms with van der Waals surface area (Å²) in [5, 5.41) is 13.5. The summed E-state index contributed by atoms with van der Waals surface area (Å²) < 4.78 is 4.93. The van der Waals surface area contributed by atoms with Crippen molar-refractivity contribution < 1.29 is 14.5 Å². The fraction of sp³-hybridized carbons (Fsp3) is 0.462. The fourth-order valence-electron chi connectivity index (χ4n) is 1.66. The van der Waals surface area contributed by atoms with Crippen molar-refractivity contribution in [2.75, 3.05) is 13.7 Å². The number of hydrogen-bond acceptors (Lipinski definition) is 4. The van der Waals surface area contributed by atoms with Gasteiger partial charge in [0.15, 0.2) is 5.75 Å². The van der Waals surface area contributed by atoms with Crippen molar-refractivity contribution in [2.45, 2.75) is 24.6 Å². The summed E-state index contributed by atoms with van der Waals surface area (Å²) in [5.41, 5.74) is 0.191. The standard InChI is InChI=1S/C13H17BrN2O4/c1-9(14)4-3-7-15-13(17)10-5-6-11(16(18)19)12(8-10)20-2/h5-6,8-9H,3-4,7H2,1-2H3,(H,15,17). The smallest absolute Gasteiger partial charge is 0.310 e. The maximum absolute atomic E-state index is 11.9. The summed E-state index contributed by atoms with van der Waals surface area (Å²) in [5.74, 6) is -0.183. The Morgan fingerprint density at radius 2 is 2.25 bits per heavy atom. The van der Waals surface area contributed by atoms with Crippen LogP contribution in [0, 0.1) is 10.1 Å². The molecule has 0 heterocycles. The molecule has 1 aromatic carbocycles. The summed E-state index contributed by atoms with van der Waals surface area (Å²) in [6.07, 6.45) is 1.83. The molecule has 0 spiro atoms. The summed E-state index contributed by atoms with van der Waals surface area (Å²) in [6.45, 7) is 2.61. The molecule has 1 rings (SSSR count). The van der Waals surface area contributed by atoms with Crippen LogP contribution >= 0.6 is 15.9 Å². The maximum atomic E-state index is 11.9. The minimum atomic E-state index is -0.544. The van der Waals surface area contributed by atoms with E-state index in [4.69, 9.17) is 4.74 Å². The first-order chi connectivity index (χ1) is 9.45. The van der Waals surface area contributed by atoms with Gasteiger partial charge in [-0.15, -0.1) is 0 Å². The molecule has 1 amide bonds. The Bertz CT molecular complexity index is 491. The lowest BCUT2D eigenvalue weighted by atomic mass is 10.1. The molecular formula is C13H17BrN2O4. The number of rotatable bonds is 7. The van der Waals surface area contributed by atoms with Crippen LogP contribution in [0.15, 0.2) is 18.2 Å². The van der Waals surface area contributed by atoms with Crippen molar-refractivity contribution in [3.05, 3.63) is 33.9 Å². The van der Waals surface area contributed by atoms with E-state index in [1.54, 1.807) is 0 Å². The van der Waals surface area contributed by atoms with Crippen molar-refractivity contribution in [1.29, 1.82) is 0 Å². The number of methoxy groups -OCH3 is 1. The molecular weight excluding hydrogens is 328 g/mol. The molecule has 0 fully saturated rings. The van der Waals surface area contributed by atoms with Crippen LogP contribution in [-0.2, 0) is 0 Å². The summed E-state index contributed by atoms with van der Waals surface area (Å²) in [7, 11) is 1.33. The van der Waals surface area contributed by atoms with E-state index in [9.17, 15) is 14.9 Å². The van der Waals surface area contributed by atoms with Crippen molar-refractivity contribution in [3.8, 4) is 5.75 Å². The zero-order chi connectivity index (χ0) is 15.1. The molecule has 0 saturated carbocycles. The van der Waals surface area contributed by atoms with Gasteiger partial charge in [0.25, 0.3) is 5.91 Å². The Morgan fingerprint density at radius 3 is 2.80 bits per heavy atom. The predicted molar refractivity (Wildman–Crippen MR) is 79.6 cm³/mol. The Labute approximate surface area is 125 Å². The molecule has 1 unspecified atom stereocenters. The molecule has 0 aliphatic carbocycles. The van der Waals surface area contributed by atoms with Crippen molar-refractivity contribution in [3.63, 3.8) is 0 Å². The van der Waals surface area contributed by atoms with E-state index in [1.165, 1.54) is 25.3 Å². The highest BCUT2D eigenvalue weighted by atomic mass is 79.9. The number of carbonyl (C=O) groups excluding carboxylic acids is 1. The predicted octanol–water partition coefficient (Wildman–Crippen LogP) is 2.90. The van der Waals surface area contributed by atoms with Gasteiger partial charge in [0.2, 0.25) is 0 Å². The van der Waals surface area contributed by atoms with Gasteiger partial charge in [-0.1, -0.05) is 22.9 Å². The van der Waals surface area contributed by atoms with Crippen LogP contribution in [0.25, 0.3) is 0 Å². The first-order valence-electron chi connectivity index (χ1n) is 6.20. The maximum Gasteiger partial charge on any atom is 0.310 e. The van der Waals surface area contributed by atoms with Crippen LogP contribution in [0.5, 0.6) is 5.75 Å². The molecule has 0 aromatic heterocycles. The fourth-order valence-corrected chi connectivity index (χ4v) is 1.98. The van der Waals surface area contributed by atoms with Crippen molar-refractivity contribution >= 4 is 27.5 Å². The Kier molecular flexibility index (Phi) is 6.44. The van der Waals surface area contributed by atoms with Gasteiger partial charge in [-0.3, -0.25) is 14.9 Å². The van der Waals surface area contributed by atoms with E-state index in [0.717, 1.165) is 12.8 Å². The van der Waals surface area contributed by atoms with Crippen LogP contribution in [-0.4, -0.2) is 29.3 Å². The second-order valence-electron chi connectivity index (χ2n) is 4.32. The highest BCUT2D eigenvalue weighted by Crippen LogP contribution is 2.27. The van der Waals surface area contributed by atoms with E-state index in [0.29, 0.717) is 16.9 Å². The minimum Gasteiger partial charge on any atom is -0.490 e. The monoisotopic (exact) mass is 344 g/mol. The lowest BCUT2D eigenvalue weighted by molar-refractivity contribution is -0.385. The van der Waals surface area contributed by atoms with Crippen LogP contribution in [0.1, 0.15) is 30.1 Å². The van der Waals surface area contributed by atoms with Gasteiger partial charge in [-0.2, -0.15) is 0 Å². The molecule has 20 heavy (non-hydrogen) atoms. The van der Waals surface area contributed by atoms with E-state index in [1.807, 2.05) is 6.92 Å². The molecule has 1 atom stereocenters. The number of hydrogen-bond donors (Lipinski definition) is 1. The Balaban J connectivity index is 2.67. The highest BCUT2D eigenvalue weighted by molar-refractivity contribution is 9.09. The number of nitro benzene ring substituents is 1. The molecule has 0 saturated heterocycles. The normalized spacial score (nSPS) is 11.8. The topological polar surface area (TPSA) is 81.5 Å². The number of amides is 1. The van der Waals surface area contributed by atoms with Gasteiger partial charge < -0.3 is 10.1 Å². The first kappa shape index (κ1) is 16.4. The van der Waals surface area contributed by atoms with E-state index >= 15 is 0 Å². The molecule has 0 aliphatic rings. The van der Waals surface area contributed by atoms with Gasteiger partial charge in [-0.05, 0) is 18.9 Å². The number of nitro groups is 1. The van der Waals surface area contributed by atoms with Crippen LogP contribution < -0.4 is 10.1 Å². The van der Waals surface area contributed by atoms with Gasteiger partial charge in [0.1, 0.15) is 0 Å². The van der Waals surface area contributed by atoms with Crippen molar-refractivity contribution in [1.82, 2.24) is 5.32 Å². The number of alkyl halides is 1. The summed E-state index contributed by atoms with van der Waals surface area (Å²) in [6, 6.07) is 4.07. The molecule has 6 nitrogen and oxygen atoms in total. The van der Waals surface area contributed by atoms with Gasteiger partial charge >= 0.3 is 5.69 Å². The molecule has 0 radical (unpaired) electrons. The van der Waals surface area contributed by atoms with E-state index < -0.39 is 4.92 Å². The van der Waals surface area contributed by atoms with Gasteiger partial charge in [0.05, 0.1) is 12.0 Å². The van der Waals surface area contributed by atoms with Gasteiger partial charge in [-0.25, -0.2) is 0 Å². The van der Waals surface area contributed by atoms with Gasteiger partial charge in [0, 0.05) is 29.1 Å².